The molecule has 0 saturated heterocycles. The minimum absolute atomic E-state index is 0.0239. The number of nitrogens with one attached hydrogen (secondary N) is 1. The highest BCUT2D eigenvalue weighted by Crippen LogP contribution is 2.17. The lowest BCUT2D eigenvalue weighted by molar-refractivity contribution is -0.384. The van der Waals surface area contributed by atoms with Crippen molar-refractivity contribution in [3.8, 4) is 0 Å². The summed E-state index contributed by atoms with van der Waals surface area (Å²) in [7, 11) is 0. The number of non-ortho nitro benzene ring substituents is 1. The summed E-state index contributed by atoms with van der Waals surface area (Å²) >= 11 is 0. The number of benzene rings is 1. The Bertz CT molecular complexity index is 1580. The highest BCUT2D eigenvalue weighted by atomic mass is 16.6. The second-order valence-electron chi connectivity index (χ2n) is 9.61. The molecule has 1 unspecified atom stereocenters. The molecule has 0 aliphatic heterocycles. The number of hydrogen-bond donors (Lipinski definition) is 2. The summed E-state index contributed by atoms with van der Waals surface area (Å²) in [6.07, 6.45) is 4.67. The van der Waals surface area contributed by atoms with E-state index < -0.39 is 22.3 Å². The predicted molar refractivity (Wildman–Crippen MR) is 149 cm³/mol. The van der Waals surface area contributed by atoms with Gasteiger partial charge in [-0.1, -0.05) is 26.0 Å². The minimum atomic E-state index is -0.470. The summed E-state index contributed by atoms with van der Waals surface area (Å²) in [6, 6.07) is 8.11. The zero-order valence-electron chi connectivity index (χ0n) is 22.7. The Morgan fingerprint density at radius 3 is 2.58 bits per heavy atom. The van der Waals surface area contributed by atoms with Crippen LogP contribution < -0.4 is 16.6 Å². The molecular formula is C27H34N8O5. The van der Waals surface area contributed by atoms with Crippen molar-refractivity contribution in [1.29, 1.82) is 0 Å². The van der Waals surface area contributed by atoms with Crippen LogP contribution in [-0.4, -0.2) is 58.1 Å². The van der Waals surface area contributed by atoms with E-state index in [0.717, 1.165) is 5.56 Å². The molecule has 0 aliphatic carbocycles. The third-order valence-corrected chi connectivity index (χ3v) is 6.76. The summed E-state index contributed by atoms with van der Waals surface area (Å²) in [5.41, 5.74) is 1.25. The number of aryl methyl sites for hydroxylation is 2. The molecule has 4 aromatic rings. The van der Waals surface area contributed by atoms with Gasteiger partial charge in [0.05, 0.1) is 17.2 Å². The number of nitro groups is 1. The summed E-state index contributed by atoms with van der Waals surface area (Å²) in [5, 5.41) is 32.1. The summed E-state index contributed by atoms with van der Waals surface area (Å²) in [4.78, 5) is 42.8. The van der Waals surface area contributed by atoms with Crippen LogP contribution in [0.1, 0.15) is 43.6 Å². The van der Waals surface area contributed by atoms with Gasteiger partial charge >= 0.3 is 5.69 Å². The highest BCUT2D eigenvalue weighted by molar-refractivity contribution is 5.71. The molecule has 3 heterocycles. The Kier molecular flexibility index (Phi) is 9.51. The van der Waals surface area contributed by atoms with Gasteiger partial charge in [-0.25, -0.2) is 9.78 Å². The average molecular weight is 551 g/mol. The molecule has 0 radical (unpaired) electrons. The topological polar surface area (TPSA) is 163 Å². The van der Waals surface area contributed by atoms with Crippen LogP contribution in [0.4, 0.5) is 5.69 Å². The van der Waals surface area contributed by atoms with Gasteiger partial charge < -0.3 is 15.0 Å². The first-order chi connectivity index (χ1) is 19.3. The maximum Gasteiger partial charge on any atom is 0.332 e. The number of nitrogens with zero attached hydrogens (tertiary/aromatic N) is 7. The number of rotatable bonds is 14. The van der Waals surface area contributed by atoms with E-state index in [-0.39, 0.29) is 24.4 Å². The minimum Gasteiger partial charge on any atom is -0.392 e. The lowest BCUT2D eigenvalue weighted by atomic mass is 10.1. The lowest BCUT2D eigenvalue weighted by Crippen LogP contribution is -2.41. The quantitative estimate of drug-likeness (QED) is 0.135. The monoisotopic (exact) mass is 550 g/mol. The van der Waals surface area contributed by atoms with Crippen molar-refractivity contribution >= 4 is 16.9 Å². The predicted octanol–water partition coefficient (Wildman–Crippen LogP) is 1.66. The number of nitro benzene ring substituents is 1. The van der Waals surface area contributed by atoms with Crippen LogP contribution in [0.3, 0.4) is 0 Å². The fourth-order valence-electron chi connectivity index (χ4n) is 4.61. The van der Waals surface area contributed by atoms with E-state index >= 15 is 0 Å². The van der Waals surface area contributed by atoms with E-state index in [2.05, 4.69) is 15.5 Å². The molecule has 0 spiro atoms. The van der Waals surface area contributed by atoms with Gasteiger partial charge in [0, 0.05) is 57.5 Å². The number of hydrogen-bond acceptors (Lipinski definition) is 9. The standard InChI is InChI=1S/C27H34N8O5/c1-3-12-34-26(37)24-25(33(27(34)38)13-9-19-6-5-7-21(15-19)35(39)40)31-23(16-20-8-10-29-30-17-20)32(24)14-11-28-18-22(36)4-2/h5-8,10,15,17,22,28,36H,3-4,9,11-14,16,18H2,1-2H3. The zero-order chi connectivity index (χ0) is 28.6. The smallest absolute Gasteiger partial charge is 0.332 e. The first kappa shape index (κ1) is 28.8. The Labute approximate surface area is 230 Å². The summed E-state index contributed by atoms with van der Waals surface area (Å²) in [5.74, 6) is 0.593. The SMILES string of the molecule is CCCn1c(=O)c2c(nc(Cc3ccnnc3)n2CCNCC(O)CC)n(CCc2cccc([N+](=O)[O-])c2)c1=O. The van der Waals surface area contributed by atoms with E-state index in [1.165, 1.54) is 21.3 Å². The Morgan fingerprint density at radius 2 is 1.88 bits per heavy atom. The largest absolute Gasteiger partial charge is 0.392 e. The number of aliphatic hydroxyl groups is 1. The van der Waals surface area contributed by atoms with Crippen molar-refractivity contribution in [2.45, 2.75) is 65.3 Å². The molecule has 2 N–H and O–H groups in total. The number of fused-ring (bicyclic) bond motifs is 1. The van der Waals surface area contributed by atoms with Gasteiger partial charge in [-0.2, -0.15) is 10.2 Å². The number of aliphatic hydroxyl groups excluding tert-OH is 1. The van der Waals surface area contributed by atoms with E-state index in [1.807, 2.05) is 24.5 Å². The van der Waals surface area contributed by atoms with Crippen molar-refractivity contribution < 1.29 is 10.0 Å². The first-order valence-corrected chi connectivity index (χ1v) is 13.4. The second-order valence-corrected chi connectivity index (χ2v) is 9.61. The number of aromatic nitrogens is 6. The van der Waals surface area contributed by atoms with Crippen LogP contribution in [0, 0.1) is 10.1 Å². The van der Waals surface area contributed by atoms with Crippen molar-refractivity contribution in [1.82, 2.24) is 34.2 Å². The normalized spacial score (nSPS) is 12.2. The van der Waals surface area contributed by atoms with E-state index in [9.17, 15) is 24.8 Å². The van der Waals surface area contributed by atoms with Crippen LogP contribution in [-0.2, 0) is 32.5 Å². The van der Waals surface area contributed by atoms with Gasteiger partial charge in [-0.05, 0) is 36.5 Å². The third-order valence-electron chi connectivity index (χ3n) is 6.76. The van der Waals surface area contributed by atoms with Crippen LogP contribution in [0.15, 0.2) is 52.3 Å². The maximum absolute atomic E-state index is 13.7. The lowest BCUT2D eigenvalue weighted by Gasteiger charge is -2.14. The van der Waals surface area contributed by atoms with Crippen LogP contribution in [0.2, 0.25) is 0 Å². The highest BCUT2D eigenvalue weighted by Gasteiger charge is 2.22. The van der Waals surface area contributed by atoms with Crippen molar-refractivity contribution in [2.75, 3.05) is 13.1 Å². The number of imidazole rings is 1. The first-order valence-electron chi connectivity index (χ1n) is 13.4. The molecule has 1 aromatic carbocycles. The molecule has 40 heavy (non-hydrogen) atoms. The van der Waals surface area contributed by atoms with Crippen LogP contribution in [0.5, 0.6) is 0 Å². The Hall–Kier alpha value is -4.23. The van der Waals surface area contributed by atoms with Crippen molar-refractivity contribution in [3.63, 3.8) is 0 Å². The van der Waals surface area contributed by atoms with Crippen LogP contribution in [0.25, 0.3) is 11.2 Å². The van der Waals surface area contributed by atoms with Crippen molar-refractivity contribution in [2.24, 2.45) is 0 Å². The van der Waals surface area contributed by atoms with Gasteiger partial charge in [0.25, 0.3) is 11.2 Å². The molecule has 212 valence electrons. The van der Waals surface area contributed by atoms with Gasteiger partial charge in [0.2, 0.25) is 0 Å². The molecule has 0 aliphatic rings. The van der Waals surface area contributed by atoms with E-state index in [0.29, 0.717) is 62.2 Å². The molecule has 13 nitrogen and oxygen atoms in total. The molecule has 4 rings (SSSR count). The average Bonchev–Trinajstić information content (AvgIpc) is 3.31. The van der Waals surface area contributed by atoms with Crippen molar-refractivity contribution in [3.05, 3.63) is 90.6 Å². The fourth-order valence-corrected chi connectivity index (χ4v) is 4.61. The molecule has 1 atom stereocenters. The van der Waals surface area contributed by atoms with E-state index in [4.69, 9.17) is 4.98 Å². The summed E-state index contributed by atoms with van der Waals surface area (Å²) < 4.78 is 4.56. The second kappa shape index (κ2) is 13.2. The summed E-state index contributed by atoms with van der Waals surface area (Å²) in [6.45, 7) is 5.52. The Balaban J connectivity index is 1.80. The van der Waals surface area contributed by atoms with Gasteiger partial charge in [0.1, 0.15) is 5.82 Å². The van der Waals surface area contributed by atoms with Gasteiger partial charge in [-0.3, -0.25) is 24.0 Å². The molecule has 0 bridgehead atoms. The molecule has 13 heteroatoms. The molecular weight excluding hydrogens is 516 g/mol. The maximum atomic E-state index is 13.7. The van der Waals surface area contributed by atoms with Gasteiger partial charge in [-0.15, -0.1) is 0 Å². The molecule has 0 fully saturated rings. The molecule has 0 amide bonds. The van der Waals surface area contributed by atoms with E-state index in [1.54, 1.807) is 24.5 Å². The zero-order valence-corrected chi connectivity index (χ0v) is 22.7. The molecule has 3 aromatic heterocycles. The van der Waals surface area contributed by atoms with Crippen LogP contribution >= 0.6 is 0 Å². The third kappa shape index (κ3) is 6.49. The fraction of sp³-hybridized carbons (Fsp3) is 0.444. The molecule has 0 saturated carbocycles. The Morgan fingerprint density at radius 1 is 1.05 bits per heavy atom. The van der Waals surface area contributed by atoms with Gasteiger partial charge in [0.15, 0.2) is 11.2 Å².